The zero-order valence-corrected chi connectivity index (χ0v) is 28.8. The van der Waals surface area contributed by atoms with Gasteiger partial charge in [-0.15, -0.1) is 0 Å². The van der Waals surface area contributed by atoms with E-state index >= 15 is 0 Å². The molecule has 0 saturated carbocycles. The zero-order valence-electron chi connectivity index (χ0n) is 28.8. The van der Waals surface area contributed by atoms with Crippen molar-refractivity contribution in [1.82, 2.24) is 9.97 Å². The summed E-state index contributed by atoms with van der Waals surface area (Å²) in [5.74, 6) is 0. The van der Waals surface area contributed by atoms with E-state index in [1.54, 1.807) is 0 Å². The first-order chi connectivity index (χ1) is 24.3. The van der Waals surface area contributed by atoms with E-state index in [4.69, 9.17) is 9.97 Å². The highest BCUT2D eigenvalue weighted by molar-refractivity contribution is 6.03. The Morgan fingerprint density at radius 2 is 0.920 bits per heavy atom. The average Bonchev–Trinajstić information content (AvgIpc) is 3.53. The van der Waals surface area contributed by atoms with E-state index in [1.165, 1.54) is 66.4 Å². The van der Waals surface area contributed by atoms with Crippen molar-refractivity contribution in [2.75, 3.05) is 0 Å². The second-order valence-electron chi connectivity index (χ2n) is 15.0. The van der Waals surface area contributed by atoms with Crippen molar-refractivity contribution in [1.29, 1.82) is 0 Å². The van der Waals surface area contributed by atoms with Crippen molar-refractivity contribution in [3.63, 3.8) is 0 Å². The largest absolute Gasteiger partial charge is 0.244 e. The maximum Gasteiger partial charge on any atom is 0.0973 e. The summed E-state index contributed by atoms with van der Waals surface area (Å²) >= 11 is 0. The number of nitrogens with zero attached hydrogens (tertiary/aromatic N) is 2. The average molecular weight is 641 g/mol. The molecule has 0 spiro atoms. The summed E-state index contributed by atoms with van der Waals surface area (Å²) in [7, 11) is 0. The summed E-state index contributed by atoms with van der Waals surface area (Å²) < 4.78 is 0. The quantitative estimate of drug-likeness (QED) is 0.192. The van der Waals surface area contributed by atoms with Crippen LogP contribution in [0.2, 0.25) is 0 Å². The van der Waals surface area contributed by atoms with E-state index < -0.39 is 0 Å². The fourth-order valence-corrected chi connectivity index (χ4v) is 8.79. The number of aromatic nitrogens is 2. The Bertz CT molecular complexity index is 2690. The summed E-state index contributed by atoms with van der Waals surface area (Å²) in [6.45, 7) is 9.34. The standard InChI is InChI=1S/C48H36N2/c1-47(2)39-14-8-6-12-37(39)44-34-24-21-31(27-32(34)23-26-40(44)47)29-17-19-30(20-18-29)45-46(50-43-16-10-9-15-42(43)49-45)33-22-25-36-35-11-5-7-13-38(35)48(3,4)41(36)28-33/h5-28H,1-4H3. The second-order valence-corrected chi connectivity index (χ2v) is 15.0. The predicted molar refractivity (Wildman–Crippen MR) is 208 cm³/mol. The van der Waals surface area contributed by atoms with Crippen molar-refractivity contribution in [3.05, 3.63) is 168 Å². The lowest BCUT2D eigenvalue weighted by molar-refractivity contribution is 0.660. The number of fused-ring (bicyclic) bond motifs is 9. The number of benzene rings is 7. The minimum atomic E-state index is -0.0897. The number of rotatable bonds is 3. The summed E-state index contributed by atoms with van der Waals surface area (Å²) in [5, 5.41) is 2.58. The molecule has 1 heterocycles. The first kappa shape index (κ1) is 29.1. The molecule has 0 radical (unpaired) electrons. The molecule has 8 aromatic rings. The van der Waals surface area contributed by atoms with Gasteiger partial charge >= 0.3 is 0 Å². The lowest BCUT2D eigenvalue weighted by Gasteiger charge is -2.22. The second kappa shape index (κ2) is 10.3. The van der Waals surface area contributed by atoms with Crippen LogP contribution in [0, 0.1) is 0 Å². The fraction of sp³-hybridized carbons (Fsp3) is 0.125. The first-order valence-electron chi connectivity index (χ1n) is 17.6. The molecule has 0 N–H and O–H groups in total. The third-order valence-electron chi connectivity index (χ3n) is 11.5. The Hall–Kier alpha value is -5.86. The maximum atomic E-state index is 5.25. The Morgan fingerprint density at radius 1 is 0.380 bits per heavy atom. The SMILES string of the molecule is CC1(C)c2ccccc2-c2ccc(-c3nc4ccccc4nc3-c3ccc(-c4ccc5c6c(ccc5c4)C(C)(C)c4ccccc4-6)cc3)cc21. The van der Waals surface area contributed by atoms with Gasteiger partial charge in [-0.2, -0.15) is 0 Å². The predicted octanol–water partition coefficient (Wildman–Crippen LogP) is 12.4. The van der Waals surface area contributed by atoms with E-state index in [0.717, 1.165) is 33.5 Å². The van der Waals surface area contributed by atoms with Gasteiger partial charge in [0.25, 0.3) is 0 Å². The molecule has 0 unspecified atom stereocenters. The van der Waals surface area contributed by atoms with Crippen LogP contribution in [0.1, 0.15) is 49.9 Å². The summed E-state index contributed by atoms with van der Waals surface area (Å²) in [4.78, 5) is 10.5. The molecular formula is C48H36N2. The zero-order chi connectivity index (χ0) is 33.8. The summed E-state index contributed by atoms with van der Waals surface area (Å²) in [5.41, 5.74) is 19.0. The van der Waals surface area contributed by atoms with Gasteiger partial charge in [0.1, 0.15) is 0 Å². The summed E-state index contributed by atoms with van der Waals surface area (Å²) in [6.07, 6.45) is 0. The minimum absolute atomic E-state index is 0.000125. The smallest absolute Gasteiger partial charge is 0.0973 e. The Kier molecular flexibility index (Phi) is 6.01. The van der Waals surface area contributed by atoms with Gasteiger partial charge in [-0.05, 0) is 90.7 Å². The van der Waals surface area contributed by atoms with Crippen LogP contribution >= 0.6 is 0 Å². The van der Waals surface area contributed by atoms with Crippen molar-refractivity contribution < 1.29 is 0 Å². The topological polar surface area (TPSA) is 25.8 Å². The fourth-order valence-electron chi connectivity index (χ4n) is 8.79. The van der Waals surface area contributed by atoms with Crippen LogP contribution in [0.15, 0.2) is 146 Å². The third-order valence-corrected chi connectivity index (χ3v) is 11.5. The van der Waals surface area contributed by atoms with E-state index in [0.29, 0.717) is 0 Å². The molecule has 10 rings (SSSR count). The molecule has 0 bridgehead atoms. The Labute approximate surface area is 293 Å². The van der Waals surface area contributed by atoms with Gasteiger partial charge in [-0.1, -0.05) is 149 Å². The van der Waals surface area contributed by atoms with Crippen LogP contribution in [-0.2, 0) is 10.8 Å². The van der Waals surface area contributed by atoms with Crippen LogP contribution in [-0.4, -0.2) is 9.97 Å². The third kappa shape index (κ3) is 4.08. The molecule has 238 valence electrons. The molecule has 0 fully saturated rings. The molecule has 50 heavy (non-hydrogen) atoms. The molecule has 0 amide bonds. The van der Waals surface area contributed by atoms with Crippen LogP contribution < -0.4 is 0 Å². The molecule has 2 aliphatic carbocycles. The molecule has 0 atom stereocenters. The molecule has 2 nitrogen and oxygen atoms in total. The molecule has 2 heteroatoms. The normalized spacial score (nSPS) is 14.7. The molecule has 7 aromatic carbocycles. The number of para-hydroxylation sites is 2. The van der Waals surface area contributed by atoms with Crippen molar-refractivity contribution in [2.24, 2.45) is 0 Å². The van der Waals surface area contributed by atoms with Gasteiger partial charge in [0.05, 0.1) is 22.4 Å². The lowest BCUT2D eigenvalue weighted by atomic mass is 9.81. The van der Waals surface area contributed by atoms with Crippen LogP contribution in [0.3, 0.4) is 0 Å². The van der Waals surface area contributed by atoms with Gasteiger partial charge in [0.15, 0.2) is 0 Å². The Balaban J connectivity index is 1.06. The highest BCUT2D eigenvalue weighted by Gasteiger charge is 2.37. The van der Waals surface area contributed by atoms with Gasteiger partial charge < -0.3 is 0 Å². The van der Waals surface area contributed by atoms with Gasteiger partial charge in [-0.25, -0.2) is 9.97 Å². The van der Waals surface area contributed by atoms with Gasteiger partial charge in [-0.3, -0.25) is 0 Å². The van der Waals surface area contributed by atoms with Crippen molar-refractivity contribution in [3.8, 4) is 55.9 Å². The Morgan fingerprint density at radius 3 is 1.66 bits per heavy atom. The van der Waals surface area contributed by atoms with Crippen molar-refractivity contribution in [2.45, 2.75) is 38.5 Å². The first-order valence-corrected chi connectivity index (χ1v) is 17.6. The molecular weight excluding hydrogens is 605 g/mol. The van der Waals surface area contributed by atoms with Crippen molar-refractivity contribution >= 4 is 21.8 Å². The molecule has 0 aliphatic heterocycles. The van der Waals surface area contributed by atoms with E-state index in [1.807, 2.05) is 12.1 Å². The van der Waals surface area contributed by atoms with Crippen LogP contribution in [0.5, 0.6) is 0 Å². The van der Waals surface area contributed by atoms with Gasteiger partial charge in [0, 0.05) is 22.0 Å². The van der Waals surface area contributed by atoms with Crippen LogP contribution in [0.25, 0.3) is 77.7 Å². The maximum absolute atomic E-state index is 5.25. The number of hydrogen-bond acceptors (Lipinski definition) is 2. The molecule has 2 aliphatic rings. The van der Waals surface area contributed by atoms with Crippen LogP contribution in [0.4, 0.5) is 0 Å². The van der Waals surface area contributed by atoms with E-state index in [9.17, 15) is 0 Å². The van der Waals surface area contributed by atoms with Gasteiger partial charge in [0.2, 0.25) is 0 Å². The molecule has 1 aromatic heterocycles. The molecule has 0 saturated heterocycles. The van der Waals surface area contributed by atoms with E-state index in [-0.39, 0.29) is 10.8 Å². The number of hydrogen-bond donors (Lipinski definition) is 0. The highest BCUT2D eigenvalue weighted by atomic mass is 14.8. The summed E-state index contributed by atoms with van der Waals surface area (Å²) in [6, 6.07) is 53.1. The monoisotopic (exact) mass is 640 g/mol. The minimum Gasteiger partial charge on any atom is -0.244 e. The van der Waals surface area contributed by atoms with E-state index in [2.05, 4.69) is 161 Å². The highest BCUT2D eigenvalue weighted by Crippen LogP contribution is 2.52. The lowest BCUT2D eigenvalue weighted by Crippen LogP contribution is -2.15.